The SMILES string of the molecule is CN1CCC(Cc2ccccc2)(C(=O)N2CCC3(C2)CN(c2cccc(Cl)c2)C(=O)O3)CC1. The van der Waals surface area contributed by atoms with Gasteiger partial charge >= 0.3 is 6.09 Å². The van der Waals surface area contributed by atoms with Crippen molar-refractivity contribution in [2.45, 2.75) is 31.3 Å². The van der Waals surface area contributed by atoms with E-state index in [-0.39, 0.29) is 12.0 Å². The molecule has 0 N–H and O–H groups in total. The third-order valence-electron chi connectivity index (χ3n) is 7.48. The number of hydrogen-bond donors (Lipinski definition) is 0. The standard InChI is InChI=1S/C26H30ClN3O3/c1-28-13-10-25(11-14-28,17-20-6-3-2-4-7-20)23(31)29-15-12-26(18-29)19-30(24(32)33-26)22-9-5-8-21(27)16-22/h2-9,16H,10-15,17-19H2,1H3. The van der Waals surface area contributed by atoms with Gasteiger partial charge in [0, 0.05) is 23.7 Å². The summed E-state index contributed by atoms with van der Waals surface area (Å²) in [5.41, 5.74) is 0.858. The van der Waals surface area contributed by atoms with Gasteiger partial charge in [0.25, 0.3) is 0 Å². The number of piperidine rings is 1. The van der Waals surface area contributed by atoms with Crippen LogP contribution in [0.25, 0.3) is 0 Å². The number of carbonyl (C=O) groups excluding carboxylic acids is 2. The lowest BCUT2D eigenvalue weighted by atomic mass is 9.72. The quantitative estimate of drug-likeness (QED) is 0.675. The van der Waals surface area contributed by atoms with Crippen molar-refractivity contribution in [1.29, 1.82) is 0 Å². The zero-order valence-corrected chi connectivity index (χ0v) is 19.8. The van der Waals surface area contributed by atoms with Gasteiger partial charge in [-0.25, -0.2) is 4.79 Å². The Kier molecular flexibility index (Phi) is 5.83. The Hall–Kier alpha value is -2.57. The minimum absolute atomic E-state index is 0.202. The molecular weight excluding hydrogens is 438 g/mol. The fraction of sp³-hybridized carbons (Fsp3) is 0.462. The Morgan fingerprint density at radius 2 is 1.76 bits per heavy atom. The van der Waals surface area contributed by atoms with Gasteiger partial charge in [-0.15, -0.1) is 0 Å². The Labute approximate surface area is 200 Å². The molecule has 0 radical (unpaired) electrons. The predicted molar refractivity (Wildman–Crippen MR) is 129 cm³/mol. The van der Waals surface area contributed by atoms with E-state index in [1.165, 1.54) is 5.56 Å². The maximum atomic E-state index is 14.0. The van der Waals surface area contributed by atoms with Gasteiger partial charge in [0.1, 0.15) is 0 Å². The molecule has 2 aromatic carbocycles. The number of rotatable bonds is 4. The number of hydrogen-bond acceptors (Lipinski definition) is 4. The van der Waals surface area contributed by atoms with Crippen molar-refractivity contribution in [3.05, 3.63) is 65.2 Å². The minimum atomic E-state index is -0.658. The topological polar surface area (TPSA) is 53.1 Å². The highest BCUT2D eigenvalue weighted by Gasteiger charge is 2.53. The van der Waals surface area contributed by atoms with E-state index in [9.17, 15) is 9.59 Å². The molecule has 0 aromatic heterocycles. The second-order valence-corrected chi connectivity index (χ2v) is 10.3. The van der Waals surface area contributed by atoms with E-state index in [2.05, 4.69) is 24.1 Å². The van der Waals surface area contributed by atoms with Crippen molar-refractivity contribution in [2.75, 3.05) is 44.7 Å². The highest BCUT2D eigenvalue weighted by molar-refractivity contribution is 6.30. The summed E-state index contributed by atoms with van der Waals surface area (Å²) >= 11 is 6.13. The molecule has 0 aliphatic carbocycles. The van der Waals surface area contributed by atoms with E-state index >= 15 is 0 Å². The van der Waals surface area contributed by atoms with Gasteiger partial charge in [0.15, 0.2) is 5.60 Å². The van der Waals surface area contributed by atoms with Crippen molar-refractivity contribution < 1.29 is 14.3 Å². The van der Waals surface area contributed by atoms with E-state index in [0.717, 1.165) is 38.0 Å². The van der Waals surface area contributed by atoms with Gasteiger partial charge in [-0.05, 0) is 63.2 Å². The van der Waals surface area contributed by atoms with E-state index in [0.29, 0.717) is 31.1 Å². The molecule has 2 amide bonds. The molecule has 1 atom stereocenters. The van der Waals surface area contributed by atoms with Crippen LogP contribution in [-0.2, 0) is 16.0 Å². The van der Waals surface area contributed by atoms with Crippen LogP contribution >= 0.6 is 11.6 Å². The van der Waals surface area contributed by atoms with E-state index < -0.39 is 11.0 Å². The summed E-state index contributed by atoms with van der Waals surface area (Å²) < 4.78 is 5.89. The Bertz CT molecular complexity index is 1040. The van der Waals surface area contributed by atoms with Crippen molar-refractivity contribution >= 4 is 29.3 Å². The second kappa shape index (κ2) is 8.65. The molecule has 174 valence electrons. The number of benzene rings is 2. The van der Waals surface area contributed by atoms with Crippen LogP contribution in [0.1, 0.15) is 24.8 Å². The van der Waals surface area contributed by atoms with E-state index in [4.69, 9.17) is 16.3 Å². The molecule has 1 unspecified atom stereocenters. The van der Waals surface area contributed by atoms with Gasteiger partial charge < -0.3 is 14.5 Å². The molecule has 0 saturated carbocycles. The zero-order chi connectivity index (χ0) is 23.1. The third-order valence-corrected chi connectivity index (χ3v) is 7.71. The van der Waals surface area contributed by atoms with Crippen molar-refractivity contribution in [3.8, 4) is 0 Å². The molecule has 3 saturated heterocycles. The molecule has 1 spiro atoms. The summed E-state index contributed by atoms with van der Waals surface area (Å²) in [4.78, 5) is 32.6. The molecule has 7 heteroatoms. The lowest BCUT2D eigenvalue weighted by Crippen LogP contribution is -2.51. The number of ether oxygens (including phenoxy) is 1. The number of likely N-dealkylation sites (tertiary alicyclic amines) is 2. The number of carbonyl (C=O) groups is 2. The average molecular weight is 468 g/mol. The normalized spacial score (nSPS) is 25.0. The smallest absolute Gasteiger partial charge is 0.415 e. The van der Waals surface area contributed by atoms with Crippen LogP contribution in [0.15, 0.2) is 54.6 Å². The molecule has 2 aromatic rings. The van der Waals surface area contributed by atoms with Crippen LogP contribution in [0.4, 0.5) is 10.5 Å². The van der Waals surface area contributed by atoms with Crippen LogP contribution in [0, 0.1) is 5.41 Å². The molecule has 6 nitrogen and oxygen atoms in total. The monoisotopic (exact) mass is 467 g/mol. The fourth-order valence-electron chi connectivity index (χ4n) is 5.53. The van der Waals surface area contributed by atoms with Crippen LogP contribution in [-0.4, -0.2) is 67.2 Å². The maximum Gasteiger partial charge on any atom is 0.415 e. The van der Waals surface area contributed by atoms with Gasteiger partial charge in [-0.3, -0.25) is 9.69 Å². The van der Waals surface area contributed by atoms with Crippen LogP contribution in [0.2, 0.25) is 5.02 Å². The molecular formula is C26H30ClN3O3. The number of nitrogens with zero attached hydrogens (tertiary/aromatic N) is 3. The van der Waals surface area contributed by atoms with Crippen molar-refractivity contribution in [1.82, 2.24) is 9.80 Å². The summed E-state index contributed by atoms with van der Waals surface area (Å²) in [5, 5.41) is 0.578. The summed E-state index contributed by atoms with van der Waals surface area (Å²) in [7, 11) is 2.12. The molecule has 3 fully saturated rings. The molecule has 5 rings (SSSR count). The molecule has 3 aliphatic heterocycles. The lowest BCUT2D eigenvalue weighted by Gasteiger charge is -2.42. The maximum absolute atomic E-state index is 14.0. The molecule has 3 aliphatic rings. The fourth-order valence-corrected chi connectivity index (χ4v) is 5.72. The van der Waals surface area contributed by atoms with Crippen LogP contribution in [0.5, 0.6) is 0 Å². The Morgan fingerprint density at radius 3 is 2.48 bits per heavy atom. The number of amides is 2. The van der Waals surface area contributed by atoms with Crippen molar-refractivity contribution in [3.63, 3.8) is 0 Å². The molecule has 3 heterocycles. The second-order valence-electron chi connectivity index (χ2n) is 9.84. The number of halogens is 1. The lowest BCUT2D eigenvalue weighted by molar-refractivity contribution is -0.144. The van der Waals surface area contributed by atoms with E-state index in [1.807, 2.05) is 35.2 Å². The highest BCUT2D eigenvalue weighted by atomic mass is 35.5. The Morgan fingerprint density at radius 1 is 1.00 bits per heavy atom. The third kappa shape index (κ3) is 4.34. The van der Waals surface area contributed by atoms with Crippen LogP contribution < -0.4 is 4.90 Å². The largest absolute Gasteiger partial charge is 0.439 e. The minimum Gasteiger partial charge on any atom is -0.439 e. The first-order valence-electron chi connectivity index (χ1n) is 11.7. The van der Waals surface area contributed by atoms with Gasteiger partial charge in [-0.1, -0.05) is 48.0 Å². The first kappa shape index (κ1) is 22.2. The molecule has 0 bridgehead atoms. The first-order chi connectivity index (χ1) is 15.9. The average Bonchev–Trinajstić information content (AvgIpc) is 3.38. The Balaban J connectivity index is 1.34. The summed E-state index contributed by atoms with van der Waals surface area (Å²) in [5.74, 6) is 0.202. The number of anilines is 1. The van der Waals surface area contributed by atoms with Gasteiger partial charge in [-0.2, -0.15) is 0 Å². The van der Waals surface area contributed by atoms with Gasteiger partial charge in [0.2, 0.25) is 5.91 Å². The first-order valence-corrected chi connectivity index (χ1v) is 12.0. The predicted octanol–water partition coefficient (Wildman–Crippen LogP) is 4.22. The van der Waals surface area contributed by atoms with Crippen LogP contribution in [0.3, 0.4) is 0 Å². The van der Waals surface area contributed by atoms with E-state index in [1.54, 1.807) is 17.0 Å². The zero-order valence-electron chi connectivity index (χ0n) is 19.0. The molecule has 33 heavy (non-hydrogen) atoms. The summed E-state index contributed by atoms with van der Waals surface area (Å²) in [6, 6.07) is 17.5. The summed E-state index contributed by atoms with van der Waals surface area (Å²) in [6.45, 7) is 3.32. The summed E-state index contributed by atoms with van der Waals surface area (Å²) in [6.07, 6.45) is 2.72. The van der Waals surface area contributed by atoms with Gasteiger partial charge in [0.05, 0.1) is 18.5 Å². The highest BCUT2D eigenvalue weighted by Crippen LogP contribution is 2.41. The van der Waals surface area contributed by atoms with Crippen molar-refractivity contribution in [2.24, 2.45) is 5.41 Å².